The Balaban J connectivity index is 1.61. The topological polar surface area (TPSA) is 58.1 Å². The van der Waals surface area contributed by atoms with Crippen molar-refractivity contribution in [1.82, 2.24) is 15.3 Å². The van der Waals surface area contributed by atoms with Crippen LogP contribution in [0.5, 0.6) is 0 Å². The second-order valence-electron chi connectivity index (χ2n) is 8.27. The largest absolute Gasteiger partial charge is 0.356 e. The van der Waals surface area contributed by atoms with E-state index in [2.05, 4.69) is 47.5 Å². The molecule has 2 aromatic carbocycles. The van der Waals surface area contributed by atoms with Crippen molar-refractivity contribution in [3.63, 3.8) is 0 Å². The molecule has 3 aromatic rings. The van der Waals surface area contributed by atoms with E-state index in [1.54, 1.807) is 6.92 Å². The fraction of sp³-hybridized carbons (Fsp3) is 0.346. The van der Waals surface area contributed by atoms with Gasteiger partial charge in [-0.05, 0) is 24.8 Å². The Morgan fingerprint density at radius 3 is 2.26 bits per heavy atom. The van der Waals surface area contributed by atoms with Gasteiger partial charge in [0.25, 0.3) is 0 Å². The van der Waals surface area contributed by atoms with Gasteiger partial charge in [-0.25, -0.2) is 9.97 Å². The van der Waals surface area contributed by atoms with Gasteiger partial charge in [-0.2, -0.15) is 0 Å². The first-order chi connectivity index (χ1) is 15.1. The fourth-order valence-electron chi connectivity index (χ4n) is 4.44. The first kappa shape index (κ1) is 21.0. The van der Waals surface area contributed by atoms with Gasteiger partial charge in [0.05, 0.1) is 5.54 Å². The number of aromatic nitrogens is 2. The quantitative estimate of drug-likeness (QED) is 0.634. The molecule has 0 saturated carbocycles. The lowest BCUT2D eigenvalue weighted by Gasteiger charge is -2.43. The minimum absolute atomic E-state index is 0.0101. The first-order valence-electron chi connectivity index (χ1n) is 11.1. The number of nitrogens with zero attached hydrogens (tertiary/aromatic N) is 3. The third-order valence-electron chi connectivity index (χ3n) is 5.99. The molecule has 5 nitrogen and oxygen atoms in total. The number of nitrogens with one attached hydrogen (secondary N) is 1. The van der Waals surface area contributed by atoms with Crippen LogP contribution in [0, 0.1) is 0 Å². The number of carbonyl (C=O) groups excluding carboxylic acids is 1. The molecule has 1 saturated heterocycles. The van der Waals surface area contributed by atoms with Gasteiger partial charge >= 0.3 is 0 Å². The molecule has 1 aliphatic heterocycles. The van der Waals surface area contributed by atoms with E-state index in [9.17, 15) is 4.79 Å². The molecule has 1 fully saturated rings. The molecule has 31 heavy (non-hydrogen) atoms. The number of rotatable bonds is 6. The maximum atomic E-state index is 12.0. The summed E-state index contributed by atoms with van der Waals surface area (Å²) in [4.78, 5) is 24.1. The van der Waals surface area contributed by atoms with Gasteiger partial charge in [-0.3, -0.25) is 4.79 Å². The van der Waals surface area contributed by atoms with Crippen molar-refractivity contribution in [1.29, 1.82) is 0 Å². The summed E-state index contributed by atoms with van der Waals surface area (Å²) >= 11 is 0. The Kier molecular flexibility index (Phi) is 6.31. The Morgan fingerprint density at radius 2 is 1.65 bits per heavy atom. The summed E-state index contributed by atoms with van der Waals surface area (Å²) in [6, 6.07) is 22.6. The van der Waals surface area contributed by atoms with E-state index in [1.165, 1.54) is 5.56 Å². The van der Waals surface area contributed by atoms with Crippen molar-refractivity contribution in [3.05, 3.63) is 78.0 Å². The van der Waals surface area contributed by atoms with Gasteiger partial charge in [-0.15, -0.1) is 0 Å². The van der Waals surface area contributed by atoms with Crippen molar-refractivity contribution in [2.75, 3.05) is 18.0 Å². The summed E-state index contributed by atoms with van der Waals surface area (Å²) in [5.41, 5.74) is 2.96. The number of benzene rings is 2. The standard InChI is InChI=1S/C26H30N4O/c1-3-10-23-19-24(28-25(27-23)21-11-6-4-7-12-21)30-17-15-26(16-18-30,29-20(2)31)22-13-8-5-9-14-22/h4-9,11-14,19H,3,10,15-18H2,1-2H3,(H,29,31). The first-order valence-corrected chi connectivity index (χ1v) is 11.1. The van der Waals surface area contributed by atoms with E-state index < -0.39 is 0 Å². The van der Waals surface area contributed by atoms with Crippen molar-refractivity contribution >= 4 is 11.7 Å². The fourth-order valence-corrected chi connectivity index (χ4v) is 4.44. The third-order valence-corrected chi connectivity index (χ3v) is 5.99. The Morgan fingerprint density at radius 1 is 1.00 bits per heavy atom. The average molecular weight is 415 g/mol. The molecule has 0 atom stereocenters. The third kappa shape index (κ3) is 4.76. The smallest absolute Gasteiger partial charge is 0.217 e. The molecule has 160 valence electrons. The molecule has 0 radical (unpaired) electrons. The molecule has 1 amide bonds. The molecule has 2 heterocycles. The molecule has 0 aliphatic carbocycles. The van der Waals surface area contributed by atoms with E-state index in [-0.39, 0.29) is 11.4 Å². The molecule has 0 bridgehead atoms. The highest BCUT2D eigenvalue weighted by Crippen LogP contribution is 2.35. The molecular formula is C26H30N4O. The van der Waals surface area contributed by atoms with Crippen LogP contribution in [-0.4, -0.2) is 29.0 Å². The zero-order valence-electron chi connectivity index (χ0n) is 18.3. The Hall–Kier alpha value is -3.21. The van der Waals surface area contributed by atoms with Crippen LogP contribution in [-0.2, 0) is 16.8 Å². The second kappa shape index (κ2) is 9.29. The highest BCUT2D eigenvalue weighted by Gasteiger charge is 2.37. The monoisotopic (exact) mass is 414 g/mol. The van der Waals surface area contributed by atoms with Crippen LogP contribution in [0.3, 0.4) is 0 Å². The molecule has 1 N–H and O–H groups in total. The molecule has 5 heteroatoms. The van der Waals surface area contributed by atoms with Crippen LogP contribution >= 0.6 is 0 Å². The van der Waals surface area contributed by atoms with Gasteiger partial charge in [0.15, 0.2) is 5.82 Å². The van der Waals surface area contributed by atoms with E-state index >= 15 is 0 Å². The summed E-state index contributed by atoms with van der Waals surface area (Å²) < 4.78 is 0. The number of anilines is 1. The summed E-state index contributed by atoms with van der Waals surface area (Å²) in [6.07, 6.45) is 3.65. The van der Waals surface area contributed by atoms with Gasteiger partial charge in [0.2, 0.25) is 5.91 Å². The molecule has 4 rings (SSSR count). The average Bonchev–Trinajstić information content (AvgIpc) is 2.80. The number of hydrogen-bond donors (Lipinski definition) is 1. The SMILES string of the molecule is CCCc1cc(N2CCC(NC(C)=O)(c3ccccc3)CC2)nc(-c2ccccc2)n1. The van der Waals surface area contributed by atoms with Gasteiger partial charge < -0.3 is 10.2 Å². The summed E-state index contributed by atoms with van der Waals surface area (Å²) in [7, 11) is 0. The number of amides is 1. The van der Waals surface area contributed by atoms with Gasteiger partial charge in [0, 0.05) is 37.3 Å². The minimum atomic E-state index is -0.328. The van der Waals surface area contributed by atoms with Crippen molar-refractivity contribution in [2.24, 2.45) is 0 Å². The van der Waals surface area contributed by atoms with Crippen LogP contribution in [0.2, 0.25) is 0 Å². The lowest BCUT2D eigenvalue weighted by molar-refractivity contribution is -0.121. The lowest BCUT2D eigenvalue weighted by atomic mass is 9.80. The molecule has 0 unspecified atom stereocenters. The van der Waals surface area contributed by atoms with E-state index in [0.29, 0.717) is 0 Å². The minimum Gasteiger partial charge on any atom is -0.356 e. The summed E-state index contributed by atoms with van der Waals surface area (Å²) in [6.45, 7) is 5.43. The predicted molar refractivity (Wildman–Crippen MR) is 125 cm³/mol. The highest BCUT2D eigenvalue weighted by molar-refractivity contribution is 5.74. The lowest BCUT2D eigenvalue weighted by Crippen LogP contribution is -2.52. The van der Waals surface area contributed by atoms with Crippen molar-refractivity contribution < 1.29 is 4.79 Å². The van der Waals surface area contributed by atoms with E-state index in [4.69, 9.17) is 9.97 Å². The maximum Gasteiger partial charge on any atom is 0.217 e. The zero-order chi connectivity index (χ0) is 21.7. The number of hydrogen-bond acceptors (Lipinski definition) is 4. The van der Waals surface area contributed by atoms with Crippen LogP contribution < -0.4 is 10.2 Å². The Bertz CT molecular complexity index is 1010. The molecule has 0 spiro atoms. The van der Waals surface area contributed by atoms with Crippen LogP contribution in [0.15, 0.2) is 66.7 Å². The van der Waals surface area contributed by atoms with Crippen LogP contribution in [0.1, 0.15) is 44.4 Å². The second-order valence-corrected chi connectivity index (χ2v) is 8.27. The summed E-state index contributed by atoms with van der Waals surface area (Å²) in [5, 5.41) is 3.25. The predicted octanol–water partition coefficient (Wildman–Crippen LogP) is 4.73. The Labute approximate surface area is 184 Å². The van der Waals surface area contributed by atoms with E-state index in [1.807, 2.05) is 36.4 Å². The molecule has 1 aliphatic rings. The van der Waals surface area contributed by atoms with Crippen molar-refractivity contribution in [3.8, 4) is 11.4 Å². The molecule has 1 aromatic heterocycles. The maximum absolute atomic E-state index is 12.0. The van der Waals surface area contributed by atoms with Crippen LogP contribution in [0.25, 0.3) is 11.4 Å². The van der Waals surface area contributed by atoms with E-state index in [0.717, 1.165) is 61.7 Å². The number of carbonyl (C=O) groups is 1. The molecular weight excluding hydrogens is 384 g/mol. The van der Waals surface area contributed by atoms with Gasteiger partial charge in [-0.1, -0.05) is 74.0 Å². The highest BCUT2D eigenvalue weighted by atomic mass is 16.1. The van der Waals surface area contributed by atoms with Crippen LogP contribution in [0.4, 0.5) is 5.82 Å². The summed E-state index contributed by atoms with van der Waals surface area (Å²) in [5.74, 6) is 1.76. The zero-order valence-corrected chi connectivity index (χ0v) is 18.3. The van der Waals surface area contributed by atoms with Crippen molar-refractivity contribution in [2.45, 2.75) is 45.1 Å². The van der Waals surface area contributed by atoms with Gasteiger partial charge in [0.1, 0.15) is 5.82 Å². The normalized spacial score (nSPS) is 15.5. The number of piperidine rings is 1. The number of aryl methyl sites for hydroxylation is 1.